The number of nitrogens with zero attached hydrogens (tertiary/aromatic N) is 1. The summed E-state index contributed by atoms with van der Waals surface area (Å²) < 4.78 is 0.762. The van der Waals surface area contributed by atoms with E-state index < -0.39 is 0 Å². The van der Waals surface area contributed by atoms with Crippen LogP contribution in [0.15, 0.2) is 12.1 Å². The highest BCUT2D eigenvalue weighted by Crippen LogP contribution is 2.32. The maximum atomic E-state index is 11.8. The summed E-state index contributed by atoms with van der Waals surface area (Å²) in [5, 5.41) is 0. The van der Waals surface area contributed by atoms with Gasteiger partial charge in [0, 0.05) is 4.88 Å². The summed E-state index contributed by atoms with van der Waals surface area (Å²) in [6.45, 7) is 3.73. The lowest BCUT2D eigenvalue weighted by Gasteiger charge is -2.32. The lowest BCUT2D eigenvalue weighted by atomic mass is 10.0. The van der Waals surface area contributed by atoms with Gasteiger partial charge in [-0.25, -0.2) is 0 Å². The molecule has 1 unspecified atom stereocenters. The molecule has 88 valence electrons. The van der Waals surface area contributed by atoms with Crippen molar-refractivity contribution in [2.75, 3.05) is 13.1 Å². The van der Waals surface area contributed by atoms with Crippen molar-refractivity contribution < 1.29 is 4.79 Å². The number of halogens is 1. The number of Topliss-reactive ketones (excluding diaryl/α,β-unsaturated/α-hetero) is 1. The molecule has 0 radical (unpaired) electrons. The van der Waals surface area contributed by atoms with Crippen molar-refractivity contribution in [1.29, 1.82) is 0 Å². The zero-order valence-corrected chi connectivity index (χ0v) is 11.0. The Labute approximate surface area is 105 Å². The summed E-state index contributed by atoms with van der Waals surface area (Å²) in [5.41, 5.74) is 0. The third-order valence-corrected chi connectivity index (χ3v) is 4.29. The third-order valence-electron chi connectivity index (χ3n) is 3.00. The van der Waals surface area contributed by atoms with Crippen LogP contribution in [0.5, 0.6) is 0 Å². The van der Waals surface area contributed by atoms with Gasteiger partial charge in [0.25, 0.3) is 0 Å². The first-order valence-corrected chi connectivity index (χ1v) is 6.87. The molecular weight excluding hydrogens is 242 g/mol. The van der Waals surface area contributed by atoms with Gasteiger partial charge in [0.05, 0.1) is 4.34 Å². The van der Waals surface area contributed by atoms with E-state index in [1.165, 1.54) is 30.6 Å². The maximum Gasteiger partial charge on any atom is 0.152 e. The molecule has 2 heterocycles. The molecule has 0 aromatic carbocycles. The van der Waals surface area contributed by atoms with Crippen LogP contribution in [0.2, 0.25) is 4.34 Å². The number of carbonyl (C=O) groups excluding carboxylic acids is 1. The van der Waals surface area contributed by atoms with Crippen molar-refractivity contribution in [1.82, 2.24) is 4.90 Å². The smallest absolute Gasteiger partial charge is 0.152 e. The van der Waals surface area contributed by atoms with Crippen molar-refractivity contribution in [2.24, 2.45) is 0 Å². The molecule has 2 rings (SSSR count). The summed E-state index contributed by atoms with van der Waals surface area (Å²) in [5.74, 6) is 0.223. The van der Waals surface area contributed by atoms with Crippen molar-refractivity contribution in [3.8, 4) is 0 Å². The highest BCUT2D eigenvalue weighted by atomic mass is 35.5. The predicted octanol–water partition coefficient (Wildman–Crippen LogP) is 3.52. The zero-order valence-electron chi connectivity index (χ0n) is 9.41. The molecule has 16 heavy (non-hydrogen) atoms. The fourth-order valence-corrected chi connectivity index (χ4v) is 3.54. The average Bonchev–Trinajstić information content (AvgIpc) is 2.66. The maximum absolute atomic E-state index is 11.8. The number of hydrogen-bond acceptors (Lipinski definition) is 3. The molecular formula is C12H16ClNOS. The normalized spacial score (nSPS) is 19.6. The molecule has 0 aliphatic carbocycles. The second kappa shape index (κ2) is 5.30. The fourth-order valence-electron chi connectivity index (χ4n) is 2.29. The minimum absolute atomic E-state index is 0.0715. The van der Waals surface area contributed by atoms with Crippen molar-refractivity contribution in [3.63, 3.8) is 0 Å². The first-order valence-electron chi connectivity index (χ1n) is 5.68. The molecule has 0 amide bonds. The van der Waals surface area contributed by atoms with Crippen LogP contribution in [0.25, 0.3) is 0 Å². The van der Waals surface area contributed by atoms with E-state index in [1.807, 2.05) is 12.1 Å². The topological polar surface area (TPSA) is 20.3 Å². The van der Waals surface area contributed by atoms with Gasteiger partial charge in [-0.2, -0.15) is 0 Å². The van der Waals surface area contributed by atoms with Gasteiger partial charge in [-0.05, 0) is 45.0 Å². The lowest BCUT2D eigenvalue weighted by Crippen LogP contribution is -2.36. The van der Waals surface area contributed by atoms with Crippen LogP contribution in [0.1, 0.15) is 37.1 Å². The lowest BCUT2D eigenvalue weighted by molar-refractivity contribution is -0.122. The molecule has 1 aliphatic heterocycles. The number of thiophene rings is 1. The van der Waals surface area contributed by atoms with Crippen molar-refractivity contribution in [3.05, 3.63) is 21.3 Å². The van der Waals surface area contributed by atoms with E-state index in [-0.39, 0.29) is 11.8 Å². The first kappa shape index (κ1) is 12.1. The summed E-state index contributed by atoms with van der Waals surface area (Å²) in [6.07, 6.45) is 3.68. The van der Waals surface area contributed by atoms with Crippen LogP contribution < -0.4 is 0 Å². The van der Waals surface area contributed by atoms with E-state index in [9.17, 15) is 4.79 Å². The van der Waals surface area contributed by atoms with Crippen LogP contribution >= 0.6 is 22.9 Å². The molecule has 1 saturated heterocycles. The van der Waals surface area contributed by atoms with Gasteiger partial charge in [-0.1, -0.05) is 18.0 Å². The Morgan fingerprint density at radius 2 is 2.06 bits per heavy atom. The van der Waals surface area contributed by atoms with E-state index in [0.29, 0.717) is 0 Å². The molecule has 1 aliphatic rings. The summed E-state index contributed by atoms with van der Waals surface area (Å²) in [4.78, 5) is 15.1. The minimum Gasteiger partial charge on any atom is -0.298 e. The number of likely N-dealkylation sites (tertiary alicyclic amines) is 1. The Morgan fingerprint density at radius 3 is 2.56 bits per heavy atom. The molecule has 1 atom stereocenters. The van der Waals surface area contributed by atoms with Crippen LogP contribution in [-0.4, -0.2) is 23.8 Å². The number of carbonyl (C=O) groups is 1. The molecule has 1 aromatic heterocycles. The average molecular weight is 258 g/mol. The van der Waals surface area contributed by atoms with Gasteiger partial charge in [-0.3, -0.25) is 9.69 Å². The Kier molecular flexibility index (Phi) is 4.00. The van der Waals surface area contributed by atoms with Gasteiger partial charge < -0.3 is 0 Å². The Bertz CT molecular complexity index is 371. The summed E-state index contributed by atoms with van der Waals surface area (Å²) >= 11 is 7.46. The van der Waals surface area contributed by atoms with Crippen molar-refractivity contribution in [2.45, 2.75) is 32.2 Å². The molecule has 1 fully saturated rings. The minimum atomic E-state index is -0.0715. The van der Waals surface area contributed by atoms with E-state index in [4.69, 9.17) is 11.6 Å². The van der Waals surface area contributed by atoms with Crippen LogP contribution in [-0.2, 0) is 4.79 Å². The van der Waals surface area contributed by atoms with Gasteiger partial charge in [0.15, 0.2) is 5.78 Å². The molecule has 0 saturated carbocycles. The zero-order chi connectivity index (χ0) is 11.5. The molecule has 0 bridgehead atoms. The number of hydrogen-bond donors (Lipinski definition) is 0. The first-order chi connectivity index (χ1) is 7.68. The van der Waals surface area contributed by atoms with Gasteiger partial charge in [0.1, 0.15) is 6.04 Å². The summed E-state index contributed by atoms with van der Waals surface area (Å²) in [7, 11) is 0. The second-order valence-corrected chi connectivity index (χ2v) is 6.00. The monoisotopic (exact) mass is 257 g/mol. The van der Waals surface area contributed by atoms with Gasteiger partial charge in [-0.15, -0.1) is 11.3 Å². The Morgan fingerprint density at radius 1 is 1.38 bits per heavy atom. The summed E-state index contributed by atoms with van der Waals surface area (Å²) in [6, 6.07) is 3.78. The Hall–Kier alpha value is -0.380. The predicted molar refractivity (Wildman–Crippen MR) is 68.2 cm³/mol. The Balaban J connectivity index is 2.19. The highest BCUT2D eigenvalue weighted by Gasteiger charge is 2.27. The van der Waals surface area contributed by atoms with E-state index in [1.54, 1.807) is 6.92 Å². The van der Waals surface area contributed by atoms with Gasteiger partial charge >= 0.3 is 0 Å². The SMILES string of the molecule is CC(=O)C(c1ccc(Cl)s1)N1CCCCC1. The van der Waals surface area contributed by atoms with Crippen LogP contribution in [0, 0.1) is 0 Å². The van der Waals surface area contributed by atoms with Crippen LogP contribution in [0.4, 0.5) is 0 Å². The van der Waals surface area contributed by atoms with E-state index >= 15 is 0 Å². The standard InChI is InChI=1S/C12H16ClNOS/c1-9(15)12(10-5-6-11(13)16-10)14-7-3-2-4-8-14/h5-6,12H,2-4,7-8H2,1H3. The fraction of sp³-hybridized carbons (Fsp3) is 0.583. The molecule has 2 nitrogen and oxygen atoms in total. The molecule has 1 aromatic rings. The number of piperidine rings is 1. The highest BCUT2D eigenvalue weighted by molar-refractivity contribution is 7.16. The number of rotatable bonds is 3. The second-order valence-electron chi connectivity index (χ2n) is 4.25. The van der Waals surface area contributed by atoms with Crippen LogP contribution in [0.3, 0.4) is 0 Å². The van der Waals surface area contributed by atoms with E-state index in [0.717, 1.165) is 22.3 Å². The number of ketones is 1. The van der Waals surface area contributed by atoms with Crippen molar-refractivity contribution >= 4 is 28.7 Å². The van der Waals surface area contributed by atoms with Gasteiger partial charge in [0.2, 0.25) is 0 Å². The molecule has 0 N–H and O–H groups in total. The molecule has 0 spiro atoms. The molecule has 4 heteroatoms. The quantitative estimate of drug-likeness (QED) is 0.826. The van der Waals surface area contributed by atoms with E-state index in [2.05, 4.69) is 4.90 Å². The largest absolute Gasteiger partial charge is 0.298 e. The third kappa shape index (κ3) is 2.65.